The number of benzene rings is 1. The van der Waals surface area contributed by atoms with Crippen LogP contribution in [0.5, 0.6) is 0 Å². The Kier molecular flexibility index (Phi) is 3.55. The zero-order valence-electron chi connectivity index (χ0n) is 15.3. The van der Waals surface area contributed by atoms with E-state index in [1.807, 2.05) is 25.7 Å². The van der Waals surface area contributed by atoms with Gasteiger partial charge in [-0.3, -0.25) is 0 Å². The molecule has 0 bridgehead atoms. The third-order valence-corrected chi connectivity index (χ3v) is 5.12. The quantitative estimate of drug-likeness (QED) is 0.764. The van der Waals surface area contributed by atoms with Crippen molar-refractivity contribution in [3.8, 4) is 0 Å². The van der Waals surface area contributed by atoms with E-state index in [0.717, 1.165) is 13.1 Å². The molecule has 0 radical (unpaired) electrons. The molecule has 2 fully saturated rings. The molecule has 1 aromatic rings. The molecule has 2 unspecified atom stereocenters. The first kappa shape index (κ1) is 16.4. The SMILES string of the molecule is CC(C)(C)OC(=O)N1CC2CC2(c2ccc(C(C)(C)C)cc2)C1. The average Bonchev–Trinajstić information content (AvgIpc) is 2.98. The molecule has 2 atom stereocenters. The molecule has 126 valence electrons. The van der Waals surface area contributed by atoms with Gasteiger partial charge in [-0.25, -0.2) is 4.79 Å². The monoisotopic (exact) mass is 315 g/mol. The van der Waals surface area contributed by atoms with Crippen molar-refractivity contribution in [2.75, 3.05) is 13.1 Å². The highest BCUT2D eigenvalue weighted by Gasteiger charge is 2.62. The van der Waals surface area contributed by atoms with Gasteiger partial charge in [0, 0.05) is 18.5 Å². The summed E-state index contributed by atoms with van der Waals surface area (Å²) in [6.45, 7) is 14.1. The van der Waals surface area contributed by atoms with E-state index in [-0.39, 0.29) is 16.9 Å². The minimum Gasteiger partial charge on any atom is -0.444 e. The number of rotatable bonds is 1. The number of ether oxygens (including phenoxy) is 1. The van der Waals surface area contributed by atoms with Gasteiger partial charge in [0.1, 0.15) is 5.60 Å². The van der Waals surface area contributed by atoms with Crippen molar-refractivity contribution in [1.82, 2.24) is 4.90 Å². The minimum absolute atomic E-state index is 0.171. The molecule has 1 aliphatic heterocycles. The summed E-state index contributed by atoms with van der Waals surface area (Å²) in [6.07, 6.45) is 1.02. The molecular weight excluding hydrogens is 286 g/mol. The number of piperidine rings is 1. The Morgan fingerprint density at radius 1 is 1.13 bits per heavy atom. The summed E-state index contributed by atoms with van der Waals surface area (Å²) in [5.74, 6) is 0.593. The smallest absolute Gasteiger partial charge is 0.410 e. The second-order valence-corrected chi connectivity index (χ2v) is 9.25. The molecule has 3 heteroatoms. The Labute approximate surface area is 140 Å². The van der Waals surface area contributed by atoms with Gasteiger partial charge >= 0.3 is 6.09 Å². The molecule has 1 saturated heterocycles. The highest BCUT2D eigenvalue weighted by Crippen LogP contribution is 2.59. The van der Waals surface area contributed by atoms with Gasteiger partial charge < -0.3 is 9.64 Å². The van der Waals surface area contributed by atoms with E-state index in [1.54, 1.807) is 0 Å². The Hall–Kier alpha value is -1.51. The summed E-state index contributed by atoms with van der Waals surface area (Å²) >= 11 is 0. The first-order chi connectivity index (χ1) is 10.5. The molecule has 0 N–H and O–H groups in total. The summed E-state index contributed by atoms with van der Waals surface area (Å²) in [5.41, 5.74) is 2.66. The van der Waals surface area contributed by atoms with E-state index in [9.17, 15) is 4.79 Å². The lowest BCUT2D eigenvalue weighted by Crippen LogP contribution is -2.37. The van der Waals surface area contributed by atoms with Crippen LogP contribution in [0.3, 0.4) is 0 Å². The average molecular weight is 315 g/mol. The van der Waals surface area contributed by atoms with Crippen LogP contribution < -0.4 is 0 Å². The van der Waals surface area contributed by atoms with Gasteiger partial charge in [0.05, 0.1) is 0 Å². The number of carbonyl (C=O) groups excluding carboxylic acids is 1. The predicted octanol–water partition coefficient (Wildman–Crippen LogP) is 4.49. The Morgan fingerprint density at radius 2 is 1.74 bits per heavy atom. The number of amides is 1. The molecule has 1 saturated carbocycles. The molecule has 1 aliphatic carbocycles. The van der Waals surface area contributed by atoms with Gasteiger partial charge in [-0.2, -0.15) is 0 Å². The lowest BCUT2D eigenvalue weighted by molar-refractivity contribution is 0.0270. The van der Waals surface area contributed by atoms with Crippen molar-refractivity contribution in [1.29, 1.82) is 0 Å². The van der Waals surface area contributed by atoms with E-state index in [1.165, 1.54) is 17.5 Å². The Bertz CT molecular complexity index is 606. The number of fused-ring (bicyclic) bond motifs is 1. The van der Waals surface area contributed by atoms with Gasteiger partial charge in [-0.1, -0.05) is 45.0 Å². The van der Waals surface area contributed by atoms with Gasteiger partial charge in [-0.15, -0.1) is 0 Å². The van der Waals surface area contributed by atoms with Crippen LogP contribution in [0.4, 0.5) is 4.79 Å². The van der Waals surface area contributed by atoms with Crippen molar-refractivity contribution < 1.29 is 9.53 Å². The number of hydrogen-bond acceptors (Lipinski definition) is 2. The van der Waals surface area contributed by atoms with Crippen LogP contribution in [0.2, 0.25) is 0 Å². The van der Waals surface area contributed by atoms with Crippen molar-refractivity contribution in [2.24, 2.45) is 5.92 Å². The van der Waals surface area contributed by atoms with Crippen LogP contribution in [0.25, 0.3) is 0 Å². The van der Waals surface area contributed by atoms with Crippen LogP contribution in [-0.2, 0) is 15.6 Å². The Balaban J connectivity index is 1.72. The zero-order chi connectivity index (χ0) is 17.0. The predicted molar refractivity (Wildman–Crippen MR) is 92.7 cm³/mol. The fourth-order valence-electron chi connectivity index (χ4n) is 3.70. The van der Waals surface area contributed by atoms with Crippen LogP contribution in [-0.4, -0.2) is 29.7 Å². The number of nitrogens with zero attached hydrogens (tertiary/aromatic N) is 1. The topological polar surface area (TPSA) is 29.5 Å². The second-order valence-electron chi connectivity index (χ2n) is 9.25. The van der Waals surface area contributed by atoms with E-state index in [4.69, 9.17) is 4.74 Å². The summed E-state index contributed by atoms with van der Waals surface area (Å²) in [5, 5.41) is 0. The summed E-state index contributed by atoms with van der Waals surface area (Å²) in [7, 11) is 0. The molecule has 0 spiro atoms. The standard InChI is InChI=1S/C20H29NO2/c1-18(2,3)14-7-9-15(10-8-14)20-11-16(20)12-21(13-20)17(22)23-19(4,5)6/h7-10,16H,11-13H2,1-6H3. The third kappa shape index (κ3) is 3.11. The van der Waals surface area contributed by atoms with Crippen molar-refractivity contribution >= 4 is 6.09 Å². The van der Waals surface area contributed by atoms with Crippen molar-refractivity contribution in [3.63, 3.8) is 0 Å². The molecule has 3 nitrogen and oxygen atoms in total. The molecular formula is C20H29NO2. The van der Waals surface area contributed by atoms with Gasteiger partial charge in [0.2, 0.25) is 0 Å². The zero-order valence-corrected chi connectivity index (χ0v) is 15.3. The largest absolute Gasteiger partial charge is 0.444 e. The van der Waals surface area contributed by atoms with E-state index < -0.39 is 5.60 Å². The maximum atomic E-state index is 12.3. The Morgan fingerprint density at radius 3 is 2.26 bits per heavy atom. The molecule has 1 amide bonds. The van der Waals surface area contributed by atoms with Gasteiger partial charge in [0.15, 0.2) is 0 Å². The first-order valence-corrected chi connectivity index (χ1v) is 8.60. The molecule has 1 heterocycles. The molecule has 0 aromatic heterocycles. The maximum absolute atomic E-state index is 12.3. The van der Waals surface area contributed by atoms with Gasteiger partial charge in [-0.05, 0) is 49.7 Å². The maximum Gasteiger partial charge on any atom is 0.410 e. The lowest BCUT2D eigenvalue weighted by atomic mass is 9.85. The van der Waals surface area contributed by atoms with E-state index in [2.05, 4.69) is 45.0 Å². The van der Waals surface area contributed by atoms with E-state index >= 15 is 0 Å². The molecule has 23 heavy (non-hydrogen) atoms. The van der Waals surface area contributed by atoms with Crippen LogP contribution >= 0.6 is 0 Å². The molecule has 2 aliphatic rings. The third-order valence-electron chi connectivity index (χ3n) is 5.12. The lowest BCUT2D eigenvalue weighted by Gasteiger charge is -2.26. The van der Waals surface area contributed by atoms with Crippen LogP contribution in [0, 0.1) is 5.92 Å². The summed E-state index contributed by atoms with van der Waals surface area (Å²) < 4.78 is 5.52. The second kappa shape index (κ2) is 4.99. The molecule has 1 aromatic carbocycles. The first-order valence-electron chi connectivity index (χ1n) is 8.60. The van der Waals surface area contributed by atoms with Crippen molar-refractivity contribution in [3.05, 3.63) is 35.4 Å². The fraction of sp³-hybridized carbons (Fsp3) is 0.650. The number of hydrogen-bond donors (Lipinski definition) is 0. The van der Waals surface area contributed by atoms with Crippen LogP contribution in [0.15, 0.2) is 24.3 Å². The summed E-state index contributed by atoms with van der Waals surface area (Å²) in [6, 6.07) is 9.02. The fourth-order valence-corrected chi connectivity index (χ4v) is 3.70. The highest BCUT2D eigenvalue weighted by molar-refractivity contribution is 5.69. The molecule has 3 rings (SSSR count). The number of likely N-dealkylation sites (tertiary alicyclic amines) is 1. The number of carbonyl (C=O) groups is 1. The van der Waals surface area contributed by atoms with Crippen LogP contribution in [0.1, 0.15) is 59.1 Å². The highest BCUT2D eigenvalue weighted by atomic mass is 16.6. The van der Waals surface area contributed by atoms with Crippen molar-refractivity contribution in [2.45, 2.75) is 64.4 Å². The summed E-state index contributed by atoms with van der Waals surface area (Å²) in [4.78, 5) is 14.2. The van der Waals surface area contributed by atoms with E-state index in [0.29, 0.717) is 5.92 Å². The minimum atomic E-state index is -0.425. The normalized spacial score (nSPS) is 26.9. The van der Waals surface area contributed by atoms with Gasteiger partial charge in [0.25, 0.3) is 0 Å².